The Balaban J connectivity index is 1.89. The van der Waals surface area contributed by atoms with E-state index in [-0.39, 0.29) is 11.5 Å². The molecule has 3 rings (SSSR count). The molecule has 17 heavy (non-hydrogen) atoms. The van der Waals surface area contributed by atoms with Crippen molar-refractivity contribution in [2.75, 3.05) is 6.54 Å². The van der Waals surface area contributed by atoms with Gasteiger partial charge in [0.1, 0.15) is 5.82 Å². The highest BCUT2D eigenvalue weighted by Gasteiger charge is 2.40. The van der Waals surface area contributed by atoms with Crippen LogP contribution in [0.25, 0.3) is 0 Å². The van der Waals surface area contributed by atoms with Gasteiger partial charge in [-0.25, -0.2) is 4.39 Å². The number of rotatable bonds is 1. The van der Waals surface area contributed by atoms with Gasteiger partial charge in [-0.05, 0) is 43.4 Å². The van der Waals surface area contributed by atoms with E-state index in [4.69, 9.17) is 0 Å². The van der Waals surface area contributed by atoms with Gasteiger partial charge in [-0.15, -0.1) is 0 Å². The summed E-state index contributed by atoms with van der Waals surface area (Å²) in [6, 6.07) is 4.86. The molecule has 0 radical (unpaired) electrons. The molecule has 90 valence electrons. The monoisotopic (exact) mass is 297 g/mol. The first-order chi connectivity index (χ1) is 8.15. The quantitative estimate of drug-likeness (QED) is 0.779. The van der Waals surface area contributed by atoms with Crippen LogP contribution in [0.15, 0.2) is 22.7 Å². The number of benzene rings is 1. The molecule has 1 aromatic carbocycles. The van der Waals surface area contributed by atoms with Gasteiger partial charge < -0.3 is 4.90 Å². The number of nitrogens with zero attached hydrogens (tertiary/aromatic N) is 1. The predicted octanol–water partition coefficient (Wildman–Crippen LogP) is 3.21. The maximum Gasteiger partial charge on any atom is 0.257 e. The molecule has 2 aliphatic rings. The molecule has 2 atom stereocenters. The second-order valence-corrected chi connectivity index (χ2v) is 5.83. The third kappa shape index (κ3) is 1.88. The van der Waals surface area contributed by atoms with Crippen LogP contribution in [0, 0.1) is 11.7 Å². The Morgan fingerprint density at radius 2 is 2.24 bits per heavy atom. The summed E-state index contributed by atoms with van der Waals surface area (Å²) in [7, 11) is 0. The van der Waals surface area contributed by atoms with E-state index in [1.165, 1.54) is 12.5 Å². The minimum absolute atomic E-state index is 0.156. The topological polar surface area (TPSA) is 20.3 Å². The van der Waals surface area contributed by atoms with Crippen LogP contribution in [0.2, 0.25) is 0 Å². The van der Waals surface area contributed by atoms with Gasteiger partial charge in [-0.3, -0.25) is 4.79 Å². The molecule has 1 saturated heterocycles. The van der Waals surface area contributed by atoms with Gasteiger partial charge in [0, 0.05) is 17.1 Å². The van der Waals surface area contributed by atoms with Gasteiger partial charge in [-0.2, -0.15) is 0 Å². The normalized spacial score (nSPS) is 26.6. The standard InChI is InChI=1S/C13H13BrFNO/c14-9-2-4-12(15)11(6-9)13(17)16-7-8-1-3-10(16)5-8/h2,4,6,8,10H,1,3,5,7H2. The number of hydrogen-bond acceptors (Lipinski definition) is 1. The Labute approximate surface area is 108 Å². The number of piperidine rings is 1. The van der Waals surface area contributed by atoms with Crippen molar-refractivity contribution in [3.63, 3.8) is 0 Å². The molecule has 1 aliphatic heterocycles. The van der Waals surface area contributed by atoms with E-state index in [1.54, 1.807) is 12.1 Å². The zero-order chi connectivity index (χ0) is 12.0. The molecule has 4 heteroatoms. The van der Waals surface area contributed by atoms with E-state index in [0.717, 1.165) is 23.9 Å². The molecule has 2 bridgehead atoms. The first kappa shape index (κ1) is 11.2. The smallest absolute Gasteiger partial charge is 0.257 e. The summed E-state index contributed by atoms with van der Waals surface area (Å²) in [4.78, 5) is 14.1. The van der Waals surface area contributed by atoms with Crippen LogP contribution >= 0.6 is 15.9 Å². The maximum atomic E-state index is 13.6. The average Bonchev–Trinajstić information content (AvgIpc) is 2.93. The number of fused-ring (bicyclic) bond motifs is 2. The minimum Gasteiger partial charge on any atom is -0.335 e. The lowest BCUT2D eigenvalue weighted by Crippen LogP contribution is -2.38. The Hall–Kier alpha value is -0.900. The van der Waals surface area contributed by atoms with Crippen molar-refractivity contribution < 1.29 is 9.18 Å². The Kier molecular flexibility index (Phi) is 2.69. The van der Waals surface area contributed by atoms with Gasteiger partial charge in [0.2, 0.25) is 0 Å². The summed E-state index contributed by atoms with van der Waals surface area (Å²) in [6.07, 6.45) is 3.39. The summed E-state index contributed by atoms with van der Waals surface area (Å²) < 4.78 is 14.4. The number of likely N-dealkylation sites (tertiary alicyclic amines) is 1. The highest BCUT2D eigenvalue weighted by atomic mass is 79.9. The van der Waals surface area contributed by atoms with Crippen LogP contribution in [0.5, 0.6) is 0 Å². The maximum absolute atomic E-state index is 13.6. The number of amides is 1. The van der Waals surface area contributed by atoms with Crippen LogP contribution in [-0.4, -0.2) is 23.4 Å². The lowest BCUT2D eigenvalue weighted by atomic mass is 10.1. The molecule has 1 aliphatic carbocycles. The van der Waals surface area contributed by atoms with E-state index >= 15 is 0 Å². The predicted molar refractivity (Wildman–Crippen MR) is 66.3 cm³/mol. The Bertz CT molecular complexity index is 476. The molecule has 2 fully saturated rings. The molecule has 1 heterocycles. The van der Waals surface area contributed by atoms with E-state index in [9.17, 15) is 9.18 Å². The second-order valence-electron chi connectivity index (χ2n) is 4.91. The molecule has 1 saturated carbocycles. The fourth-order valence-electron chi connectivity index (χ4n) is 2.99. The zero-order valence-electron chi connectivity index (χ0n) is 9.33. The van der Waals surface area contributed by atoms with Crippen LogP contribution in [0.3, 0.4) is 0 Å². The number of carbonyl (C=O) groups is 1. The first-order valence-electron chi connectivity index (χ1n) is 5.91. The van der Waals surface area contributed by atoms with Gasteiger partial charge >= 0.3 is 0 Å². The van der Waals surface area contributed by atoms with E-state index in [2.05, 4.69) is 15.9 Å². The van der Waals surface area contributed by atoms with Crippen molar-refractivity contribution in [1.82, 2.24) is 4.90 Å². The van der Waals surface area contributed by atoms with Crippen molar-refractivity contribution >= 4 is 21.8 Å². The minimum atomic E-state index is -0.430. The fourth-order valence-corrected chi connectivity index (χ4v) is 3.35. The molecule has 0 aromatic heterocycles. The molecule has 0 spiro atoms. The van der Waals surface area contributed by atoms with Crippen molar-refractivity contribution in [2.24, 2.45) is 5.92 Å². The van der Waals surface area contributed by atoms with Crippen LogP contribution in [0.1, 0.15) is 29.6 Å². The average molecular weight is 298 g/mol. The second kappa shape index (κ2) is 4.09. The lowest BCUT2D eigenvalue weighted by Gasteiger charge is -2.27. The third-order valence-electron chi connectivity index (χ3n) is 3.83. The van der Waals surface area contributed by atoms with Crippen molar-refractivity contribution in [3.8, 4) is 0 Å². The summed E-state index contributed by atoms with van der Waals surface area (Å²) >= 11 is 3.28. The van der Waals surface area contributed by atoms with Crippen LogP contribution in [0.4, 0.5) is 4.39 Å². The number of halogens is 2. The van der Waals surface area contributed by atoms with Crippen LogP contribution < -0.4 is 0 Å². The molecule has 2 nitrogen and oxygen atoms in total. The number of hydrogen-bond donors (Lipinski definition) is 0. The molecule has 1 aromatic rings. The first-order valence-corrected chi connectivity index (χ1v) is 6.70. The molecule has 1 amide bonds. The molecular weight excluding hydrogens is 285 g/mol. The van der Waals surface area contributed by atoms with Crippen LogP contribution in [-0.2, 0) is 0 Å². The zero-order valence-corrected chi connectivity index (χ0v) is 10.9. The van der Waals surface area contributed by atoms with Crippen molar-refractivity contribution in [2.45, 2.75) is 25.3 Å². The lowest BCUT2D eigenvalue weighted by molar-refractivity contribution is 0.0699. The Morgan fingerprint density at radius 1 is 1.41 bits per heavy atom. The van der Waals surface area contributed by atoms with E-state index < -0.39 is 5.82 Å². The highest BCUT2D eigenvalue weighted by Crippen LogP contribution is 2.38. The highest BCUT2D eigenvalue weighted by molar-refractivity contribution is 9.10. The molecule has 2 unspecified atom stereocenters. The summed E-state index contributed by atoms with van der Waals surface area (Å²) in [5, 5.41) is 0. The van der Waals surface area contributed by atoms with Gasteiger partial charge in [0.15, 0.2) is 0 Å². The van der Waals surface area contributed by atoms with Crippen molar-refractivity contribution in [1.29, 1.82) is 0 Å². The summed E-state index contributed by atoms with van der Waals surface area (Å²) in [5.74, 6) is 0.0520. The summed E-state index contributed by atoms with van der Waals surface area (Å²) in [6.45, 7) is 0.801. The van der Waals surface area contributed by atoms with Gasteiger partial charge in [0.25, 0.3) is 5.91 Å². The van der Waals surface area contributed by atoms with E-state index in [0.29, 0.717) is 12.0 Å². The van der Waals surface area contributed by atoms with Gasteiger partial charge in [0.05, 0.1) is 5.56 Å². The van der Waals surface area contributed by atoms with Gasteiger partial charge in [-0.1, -0.05) is 15.9 Å². The Morgan fingerprint density at radius 3 is 2.88 bits per heavy atom. The third-order valence-corrected chi connectivity index (χ3v) is 4.32. The SMILES string of the molecule is O=C(c1cc(Br)ccc1F)N1CC2CCC1C2. The molecule has 0 N–H and O–H groups in total. The largest absolute Gasteiger partial charge is 0.335 e. The summed E-state index contributed by atoms with van der Waals surface area (Å²) in [5.41, 5.74) is 0.187. The number of carbonyl (C=O) groups excluding carboxylic acids is 1. The fraction of sp³-hybridized carbons (Fsp3) is 0.462. The van der Waals surface area contributed by atoms with E-state index in [1.807, 2.05) is 4.90 Å². The molecular formula is C13H13BrFNO. The van der Waals surface area contributed by atoms with Crippen molar-refractivity contribution in [3.05, 3.63) is 34.1 Å².